The first-order valence-electron chi connectivity index (χ1n) is 6.53. The lowest BCUT2D eigenvalue weighted by Gasteiger charge is -2.18. The molecule has 2 aromatic carbocycles. The van der Waals surface area contributed by atoms with Gasteiger partial charge in [-0.15, -0.1) is 0 Å². The molecular weight excluding hydrogens is 276 g/mol. The van der Waals surface area contributed by atoms with Crippen LogP contribution in [0.3, 0.4) is 0 Å². The molecule has 0 bridgehead atoms. The van der Waals surface area contributed by atoms with Gasteiger partial charge < -0.3 is 14.8 Å². The number of methoxy groups -OCH3 is 1. The van der Waals surface area contributed by atoms with Crippen molar-refractivity contribution < 1.29 is 18.3 Å². The fraction of sp³-hybridized carbons (Fsp3) is 0.250. The van der Waals surface area contributed by atoms with Gasteiger partial charge in [-0.2, -0.15) is 0 Å². The number of halogens is 2. The maximum Gasteiger partial charge on any atom is 0.165 e. The van der Waals surface area contributed by atoms with Crippen LogP contribution >= 0.6 is 0 Å². The van der Waals surface area contributed by atoms with Crippen molar-refractivity contribution in [3.05, 3.63) is 59.7 Å². The van der Waals surface area contributed by atoms with E-state index in [1.54, 1.807) is 14.2 Å². The van der Waals surface area contributed by atoms with Crippen molar-refractivity contribution in [2.24, 2.45) is 0 Å². The molecule has 0 saturated heterocycles. The Balaban J connectivity index is 2.06. The van der Waals surface area contributed by atoms with Crippen LogP contribution in [0.5, 0.6) is 11.5 Å². The molecule has 0 aliphatic heterocycles. The third-order valence-electron chi connectivity index (χ3n) is 3.17. The lowest BCUT2D eigenvalue weighted by Crippen LogP contribution is -2.23. The van der Waals surface area contributed by atoms with Gasteiger partial charge in [0.2, 0.25) is 0 Å². The van der Waals surface area contributed by atoms with Gasteiger partial charge in [0.25, 0.3) is 0 Å². The van der Waals surface area contributed by atoms with E-state index >= 15 is 0 Å². The topological polar surface area (TPSA) is 30.5 Å². The normalized spacial score (nSPS) is 12.0. The molecule has 21 heavy (non-hydrogen) atoms. The first-order chi connectivity index (χ1) is 10.1. The average Bonchev–Trinajstić information content (AvgIpc) is 2.51. The molecule has 5 heteroatoms. The van der Waals surface area contributed by atoms with Gasteiger partial charge in [-0.25, -0.2) is 8.78 Å². The SMILES string of the molecule is CNC(COc1cc(F)ccc1F)c1ccc(OC)cc1. The molecule has 0 aliphatic carbocycles. The fourth-order valence-corrected chi connectivity index (χ4v) is 1.94. The van der Waals surface area contributed by atoms with Crippen LogP contribution in [0.2, 0.25) is 0 Å². The van der Waals surface area contributed by atoms with E-state index in [1.807, 2.05) is 24.3 Å². The van der Waals surface area contributed by atoms with Crippen LogP contribution < -0.4 is 14.8 Å². The second-order valence-corrected chi connectivity index (χ2v) is 4.50. The minimum absolute atomic E-state index is 0.0937. The first-order valence-corrected chi connectivity index (χ1v) is 6.53. The van der Waals surface area contributed by atoms with E-state index in [-0.39, 0.29) is 18.4 Å². The molecule has 2 aromatic rings. The van der Waals surface area contributed by atoms with Crippen LogP contribution in [0, 0.1) is 11.6 Å². The van der Waals surface area contributed by atoms with Gasteiger partial charge in [-0.05, 0) is 36.9 Å². The Morgan fingerprint density at radius 3 is 2.43 bits per heavy atom. The van der Waals surface area contributed by atoms with Crippen molar-refractivity contribution in [1.82, 2.24) is 5.32 Å². The molecule has 0 spiro atoms. The summed E-state index contributed by atoms with van der Waals surface area (Å²) in [5, 5.41) is 3.08. The third kappa shape index (κ3) is 3.92. The standard InChI is InChI=1S/C16H17F2NO2/c1-19-15(11-3-6-13(20-2)7-4-11)10-21-16-9-12(17)5-8-14(16)18/h3-9,15,19H,10H2,1-2H3. The number of likely N-dealkylation sites (N-methyl/N-ethyl adjacent to an activating group) is 1. The minimum atomic E-state index is -0.582. The zero-order chi connectivity index (χ0) is 15.2. The summed E-state index contributed by atoms with van der Waals surface area (Å²) in [6, 6.07) is 10.5. The molecule has 0 aromatic heterocycles. The van der Waals surface area contributed by atoms with Crippen molar-refractivity contribution in [3.63, 3.8) is 0 Å². The van der Waals surface area contributed by atoms with E-state index in [0.717, 1.165) is 29.5 Å². The van der Waals surface area contributed by atoms with Gasteiger partial charge in [-0.3, -0.25) is 0 Å². The lowest BCUT2D eigenvalue weighted by molar-refractivity contribution is 0.260. The molecule has 0 heterocycles. The summed E-state index contributed by atoms with van der Waals surface area (Å²) in [7, 11) is 3.38. The van der Waals surface area contributed by atoms with Crippen LogP contribution in [0.25, 0.3) is 0 Å². The zero-order valence-electron chi connectivity index (χ0n) is 11.9. The molecular formula is C16H17F2NO2. The maximum atomic E-state index is 13.5. The Labute approximate surface area is 122 Å². The molecule has 3 nitrogen and oxygen atoms in total. The van der Waals surface area contributed by atoms with Gasteiger partial charge in [0.15, 0.2) is 11.6 Å². The van der Waals surface area contributed by atoms with Crippen molar-refractivity contribution in [1.29, 1.82) is 0 Å². The zero-order valence-corrected chi connectivity index (χ0v) is 11.9. The van der Waals surface area contributed by atoms with Gasteiger partial charge in [0, 0.05) is 6.07 Å². The number of benzene rings is 2. The highest BCUT2D eigenvalue weighted by molar-refractivity contribution is 5.30. The minimum Gasteiger partial charge on any atom is -0.497 e. The Morgan fingerprint density at radius 1 is 1.10 bits per heavy atom. The van der Waals surface area contributed by atoms with Crippen LogP contribution in [-0.2, 0) is 0 Å². The lowest BCUT2D eigenvalue weighted by atomic mass is 10.1. The smallest absolute Gasteiger partial charge is 0.165 e. The molecule has 1 atom stereocenters. The highest BCUT2D eigenvalue weighted by Gasteiger charge is 2.12. The van der Waals surface area contributed by atoms with Crippen molar-refractivity contribution >= 4 is 0 Å². The second kappa shape index (κ2) is 7.04. The summed E-state index contributed by atoms with van der Waals surface area (Å²) >= 11 is 0. The Kier molecular flexibility index (Phi) is 5.11. The Morgan fingerprint density at radius 2 is 1.81 bits per heavy atom. The summed E-state index contributed by atoms with van der Waals surface area (Å²) in [6.07, 6.45) is 0. The van der Waals surface area contributed by atoms with Crippen LogP contribution in [0.4, 0.5) is 8.78 Å². The molecule has 0 fully saturated rings. The van der Waals surface area contributed by atoms with Gasteiger partial charge in [0.05, 0.1) is 13.2 Å². The van der Waals surface area contributed by atoms with E-state index in [0.29, 0.717) is 0 Å². The van der Waals surface area contributed by atoms with Crippen LogP contribution in [0.1, 0.15) is 11.6 Å². The van der Waals surface area contributed by atoms with Crippen LogP contribution in [0.15, 0.2) is 42.5 Å². The molecule has 2 rings (SSSR count). The number of ether oxygens (including phenoxy) is 2. The number of nitrogens with one attached hydrogen (secondary N) is 1. The van der Waals surface area contributed by atoms with Gasteiger partial charge in [-0.1, -0.05) is 12.1 Å². The monoisotopic (exact) mass is 293 g/mol. The number of hydrogen-bond donors (Lipinski definition) is 1. The summed E-state index contributed by atoms with van der Waals surface area (Å²) in [5.41, 5.74) is 0.968. The molecule has 0 amide bonds. The van der Waals surface area contributed by atoms with E-state index in [4.69, 9.17) is 9.47 Å². The quantitative estimate of drug-likeness (QED) is 0.886. The number of hydrogen-bond acceptors (Lipinski definition) is 3. The predicted octanol–water partition coefficient (Wildman–Crippen LogP) is 3.31. The van der Waals surface area contributed by atoms with E-state index in [1.165, 1.54) is 0 Å². The molecule has 1 unspecified atom stereocenters. The highest BCUT2D eigenvalue weighted by atomic mass is 19.1. The molecule has 0 aliphatic rings. The summed E-state index contributed by atoms with van der Waals surface area (Å²) in [4.78, 5) is 0. The maximum absolute atomic E-state index is 13.5. The summed E-state index contributed by atoms with van der Waals surface area (Å²) < 4.78 is 37.1. The van der Waals surface area contributed by atoms with Crippen LogP contribution in [-0.4, -0.2) is 20.8 Å². The predicted molar refractivity (Wildman–Crippen MR) is 76.6 cm³/mol. The first kappa shape index (κ1) is 15.3. The van der Waals surface area contributed by atoms with E-state index < -0.39 is 11.6 Å². The van der Waals surface area contributed by atoms with Crippen molar-refractivity contribution in [3.8, 4) is 11.5 Å². The Hall–Kier alpha value is -2.14. The average molecular weight is 293 g/mol. The van der Waals surface area contributed by atoms with E-state index in [9.17, 15) is 8.78 Å². The van der Waals surface area contributed by atoms with Crippen molar-refractivity contribution in [2.45, 2.75) is 6.04 Å². The molecule has 0 radical (unpaired) electrons. The van der Waals surface area contributed by atoms with E-state index in [2.05, 4.69) is 5.32 Å². The number of rotatable bonds is 6. The largest absolute Gasteiger partial charge is 0.497 e. The van der Waals surface area contributed by atoms with Gasteiger partial charge >= 0.3 is 0 Å². The third-order valence-corrected chi connectivity index (χ3v) is 3.17. The Bertz CT molecular complexity index is 587. The van der Waals surface area contributed by atoms with Gasteiger partial charge in [0.1, 0.15) is 18.2 Å². The summed E-state index contributed by atoms with van der Waals surface area (Å²) in [5.74, 6) is -0.452. The highest BCUT2D eigenvalue weighted by Crippen LogP contribution is 2.22. The fourth-order valence-electron chi connectivity index (χ4n) is 1.94. The summed E-state index contributed by atoms with van der Waals surface area (Å²) in [6.45, 7) is 0.184. The molecule has 112 valence electrons. The van der Waals surface area contributed by atoms with Crippen molar-refractivity contribution in [2.75, 3.05) is 20.8 Å². The molecule has 1 N–H and O–H groups in total. The second-order valence-electron chi connectivity index (χ2n) is 4.50. The molecule has 0 saturated carbocycles.